The third-order valence-electron chi connectivity index (χ3n) is 5.76. The van der Waals surface area contributed by atoms with E-state index in [2.05, 4.69) is 60.2 Å². The molecule has 0 bridgehead atoms. The Morgan fingerprint density at radius 3 is 2.52 bits per heavy atom. The van der Waals surface area contributed by atoms with E-state index < -0.39 is 5.00 Å². The molecule has 138 valence electrons. The summed E-state index contributed by atoms with van der Waals surface area (Å²) in [5.74, 6) is 0. The molecule has 0 amide bonds. The normalized spacial score (nSPS) is 22.9. The maximum absolute atomic E-state index is 7.28. The summed E-state index contributed by atoms with van der Waals surface area (Å²) in [5.41, 5.74) is 5.51. The lowest BCUT2D eigenvalue weighted by atomic mass is 9.90. The van der Waals surface area contributed by atoms with Crippen LogP contribution in [0.15, 0.2) is 29.8 Å². The molecule has 2 fully saturated rings. The van der Waals surface area contributed by atoms with Gasteiger partial charge in [-0.3, -0.25) is 9.80 Å². The van der Waals surface area contributed by atoms with E-state index in [1.54, 1.807) is 0 Å². The molecule has 2 heterocycles. The minimum absolute atomic E-state index is 0.410. The van der Waals surface area contributed by atoms with Crippen molar-refractivity contribution in [2.45, 2.75) is 45.0 Å². The first-order chi connectivity index (χ1) is 12.0. The molecule has 0 aromatic heterocycles. The zero-order valence-corrected chi connectivity index (χ0v) is 16.7. The number of alkyl halides is 1. The number of nitrogens with zero attached hydrogens (tertiary/aromatic N) is 2. The van der Waals surface area contributed by atoms with Crippen LogP contribution in [0, 0.1) is 6.92 Å². The van der Waals surface area contributed by atoms with Crippen molar-refractivity contribution in [3.05, 3.63) is 41.0 Å². The minimum Gasteiger partial charge on any atom is -0.303 e. The molecule has 0 aliphatic carbocycles. The van der Waals surface area contributed by atoms with E-state index in [0.29, 0.717) is 0 Å². The zero-order chi connectivity index (χ0) is 17.9. The van der Waals surface area contributed by atoms with Crippen LogP contribution in [-0.2, 0) is 0 Å². The van der Waals surface area contributed by atoms with Gasteiger partial charge in [-0.25, -0.2) is 0 Å². The molecule has 1 atom stereocenters. The quantitative estimate of drug-likeness (QED) is 0.608. The van der Waals surface area contributed by atoms with Crippen LogP contribution in [0.5, 0.6) is 0 Å². The summed E-state index contributed by atoms with van der Waals surface area (Å²) < 4.78 is 0. The van der Waals surface area contributed by atoms with Crippen molar-refractivity contribution in [2.24, 2.45) is 0 Å². The molecule has 2 saturated heterocycles. The smallest absolute Gasteiger partial charge is 0.117 e. The van der Waals surface area contributed by atoms with Crippen LogP contribution < -0.4 is 5.32 Å². The summed E-state index contributed by atoms with van der Waals surface area (Å²) in [6.07, 6.45) is 3.52. The number of allylic oxidation sites excluding steroid dienone is 1. The van der Waals surface area contributed by atoms with Crippen LogP contribution in [-0.4, -0.2) is 54.2 Å². The summed E-state index contributed by atoms with van der Waals surface area (Å²) in [5, 5.41) is 3.45. The Bertz CT molecular complexity index is 611. The maximum Gasteiger partial charge on any atom is 0.117 e. The number of nitrogens with one attached hydrogen (secondary N) is 1. The molecule has 3 rings (SSSR count). The van der Waals surface area contributed by atoms with Gasteiger partial charge in [-0.15, -0.1) is 0 Å². The molecule has 3 nitrogen and oxygen atoms in total. The van der Waals surface area contributed by atoms with Gasteiger partial charge >= 0.3 is 0 Å². The van der Waals surface area contributed by atoms with Gasteiger partial charge in [0, 0.05) is 39.4 Å². The molecule has 25 heavy (non-hydrogen) atoms. The number of benzene rings is 1. The highest BCUT2D eigenvalue weighted by atomic mass is 35.5. The first kappa shape index (κ1) is 18.9. The molecule has 1 N–H and O–H groups in total. The first-order valence-electron chi connectivity index (χ1n) is 9.69. The molecule has 0 spiro atoms. The first-order valence-corrected chi connectivity index (χ1v) is 10.1. The summed E-state index contributed by atoms with van der Waals surface area (Å²) >= 11 is 7.28. The molecule has 1 aromatic carbocycles. The van der Waals surface area contributed by atoms with Gasteiger partial charge in [-0.2, -0.15) is 0 Å². The summed E-state index contributed by atoms with van der Waals surface area (Å²) in [6.45, 7) is 13.0. The van der Waals surface area contributed by atoms with Gasteiger partial charge < -0.3 is 5.32 Å². The SMILES string of the molecule is CC/C(=C(\CN1CCNC1)C(C)(Cl)N1CCCC1)c1ccccc1C. The van der Waals surface area contributed by atoms with E-state index in [1.165, 1.54) is 35.1 Å². The Kier molecular flexibility index (Phi) is 6.21. The van der Waals surface area contributed by atoms with E-state index in [9.17, 15) is 0 Å². The predicted molar refractivity (Wildman–Crippen MR) is 108 cm³/mol. The van der Waals surface area contributed by atoms with Crippen LogP contribution in [0.2, 0.25) is 0 Å². The Hall–Kier alpha value is -0.870. The van der Waals surface area contributed by atoms with Crippen LogP contribution >= 0.6 is 11.6 Å². The highest BCUT2D eigenvalue weighted by molar-refractivity contribution is 6.26. The number of hydrogen-bond acceptors (Lipinski definition) is 3. The lowest BCUT2D eigenvalue weighted by Crippen LogP contribution is -2.45. The molecule has 0 radical (unpaired) electrons. The van der Waals surface area contributed by atoms with Crippen molar-refractivity contribution < 1.29 is 0 Å². The van der Waals surface area contributed by atoms with Crippen molar-refractivity contribution in [1.29, 1.82) is 0 Å². The number of aryl methyl sites for hydroxylation is 1. The Morgan fingerprint density at radius 2 is 1.92 bits per heavy atom. The maximum atomic E-state index is 7.28. The standard InChI is InChI=1S/C21H32ClN3/c1-4-18(19-10-6-5-9-17(19)2)20(15-24-14-11-23-16-24)21(3,22)25-12-7-8-13-25/h5-6,9-10,23H,4,7-8,11-16H2,1-3H3/b20-18-. The summed E-state index contributed by atoms with van der Waals surface area (Å²) in [7, 11) is 0. The van der Waals surface area contributed by atoms with Gasteiger partial charge in [0.25, 0.3) is 0 Å². The Labute approximate surface area is 158 Å². The third kappa shape index (κ3) is 4.11. The molecular weight excluding hydrogens is 330 g/mol. The van der Waals surface area contributed by atoms with Gasteiger partial charge in [0.15, 0.2) is 0 Å². The van der Waals surface area contributed by atoms with Crippen molar-refractivity contribution in [1.82, 2.24) is 15.1 Å². The van der Waals surface area contributed by atoms with Crippen LogP contribution in [0.3, 0.4) is 0 Å². The topological polar surface area (TPSA) is 18.5 Å². The molecule has 4 heteroatoms. The zero-order valence-electron chi connectivity index (χ0n) is 15.9. The van der Waals surface area contributed by atoms with E-state index in [1.807, 2.05) is 0 Å². The second kappa shape index (κ2) is 8.22. The summed E-state index contributed by atoms with van der Waals surface area (Å²) in [4.78, 5) is 4.55. The van der Waals surface area contributed by atoms with Crippen molar-refractivity contribution in [2.75, 3.05) is 39.4 Å². The second-order valence-electron chi connectivity index (χ2n) is 7.48. The van der Waals surface area contributed by atoms with Crippen molar-refractivity contribution in [3.8, 4) is 0 Å². The summed E-state index contributed by atoms with van der Waals surface area (Å²) in [6, 6.07) is 8.74. The van der Waals surface area contributed by atoms with Gasteiger partial charge in [0.05, 0.1) is 0 Å². The number of rotatable bonds is 6. The van der Waals surface area contributed by atoms with Crippen molar-refractivity contribution >= 4 is 17.2 Å². The van der Waals surface area contributed by atoms with Gasteiger partial charge in [-0.1, -0.05) is 42.8 Å². The number of hydrogen-bond donors (Lipinski definition) is 1. The number of halogens is 1. The van der Waals surface area contributed by atoms with Crippen LogP contribution in [0.4, 0.5) is 0 Å². The average molecular weight is 362 g/mol. The highest BCUT2D eigenvalue weighted by Crippen LogP contribution is 2.39. The monoisotopic (exact) mass is 361 g/mol. The van der Waals surface area contributed by atoms with E-state index >= 15 is 0 Å². The number of likely N-dealkylation sites (tertiary alicyclic amines) is 1. The molecular formula is C21H32ClN3. The molecule has 1 aromatic rings. The highest BCUT2D eigenvalue weighted by Gasteiger charge is 2.37. The van der Waals surface area contributed by atoms with Gasteiger partial charge in [-0.05, 0) is 55.4 Å². The third-order valence-corrected chi connectivity index (χ3v) is 6.23. The minimum atomic E-state index is -0.410. The lowest BCUT2D eigenvalue weighted by Gasteiger charge is -2.38. The fraction of sp³-hybridized carbons (Fsp3) is 0.619. The largest absolute Gasteiger partial charge is 0.303 e. The second-order valence-corrected chi connectivity index (χ2v) is 8.22. The Balaban J connectivity index is 2.05. The van der Waals surface area contributed by atoms with Crippen LogP contribution in [0.25, 0.3) is 5.57 Å². The van der Waals surface area contributed by atoms with Crippen LogP contribution in [0.1, 0.15) is 44.2 Å². The van der Waals surface area contributed by atoms with Gasteiger partial charge in [0.2, 0.25) is 0 Å². The molecule has 1 unspecified atom stereocenters. The average Bonchev–Trinajstić information content (AvgIpc) is 3.30. The molecule has 2 aliphatic heterocycles. The van der Waals surface area contributed by atoms with E-state index in [0.717, 1.165) is 45.8 Å². The fourth-order valence-electron chi connectivity index (χ4n) is 4.23. The lowest BCUT2D eigenvalue weighted by molar-refractivity contribution is 0.235. The Morgan fingerprint density at radius 1 is 1.20 bits per heavy atom. The predicted octanol–water partition coefficient (Wildman–Crippen LogP) is 4.07. The van der Waals surface area contributed by atoms with E-state index in [-0.39, 0.29) is 0 Å². The van der Waals surface area contributed by atoms with E-state index in [4.69, 9.17) is 11.6 Å². The fourth-order valence-corrected chi connectivity index (χ4v) is 4.58. The van der Waals surface area contributed by atoms with Gasteiger partial charge in [0.1, 0.15) is 5.00 Å². The molecule has 0 saturated carbocycles. The van der Waals surface area contributed by atoms with Crippen molar-refractivity contribution in [3.63, 3.8) is 0 Å². The molecule has 2 aliphatic rings.